The molecule has 1 N–H and O–H groups in total. The number of hydrogen-bond donors (Lipinski definition) is 1. The minimum atomic E-state index is -0.225. The van der Waals surface area contributed by atoms with Gasteiger partial charge in [0.15, 0.2) is 0 Å². The Bertz CT molecular complexity index is 1320. The number of aromatic amines is 1. The van der Waals surface area contributed by atoms with Crippen LogP contribution in [-0.4, -0.2) is 46.0 Å². The van der Waals surface area contributed by atoms with Crippen molar-refractivity contribution in [3.8, 4) is 5.75 Å². The molecule has 0 bridgehead atoms. The summed E-state index contributed by atoms with van der Waals surface area (Å²) >= 11 is 1.46. The fourth-order valence-corrected chi connectivity index (χ4v) is 4.13. The fourth-order valence-electron chi connectivity index (χ4n) is 3.43. The highest BCUT2D eigenvalue weighted by Gasteiger charge is 2.18. The first-order valence-electron chi connectivity index (χ1n) is 10.9. The lowest BCUT2D eigenvalue weighted by atomic mass is 10.2. The zero-order chi connectivity index (χ0) is 23.9. The third kappa shape index (κ3) is 6.06. The van der Waals surface area contributed by atoms with Crippen LogP contribution >= 0.6 is 11.3 Å². The van der Waals surface area contributed by atoms with Crippen LogP contribution in [0.2, 0.25) is 0 Å². The number of aryl methyl sites for hydroxylation is 1. The van der Waals surface area contributed by atoms with Crippen molar-refractivity contribution >= 4 is 28.1 Å². The summed E-state index contributed by atoms with van der Waals surface area (Å²) < 4.78 is 11.0. The van der Waals surface area contributed by atoms with Gasteiger partial charge in [-0.25, -0.2) is 9.97 Å². The molecule has 2 aromatic carbocycles. The number of rotatable bonds is 10. The Kier molecular flexibility index (Phi) is 7.66. The molecule has 9 heteroatoms. The van der Waals surface area contributed by atoms with Gasteiger partial charge >= 0.3 is 0 Å². The molecular formula is C25H26N4O4S. The summed E-state index contributed by atoms with van der Waals surface area (Å²) in [5.74, 6) is 1.09. The fraction of sp³-hybridized carbons (Fsp3) is 0.280. The minimum Gasteiger partial charge on any atom is -0.486 e. The molecule has 0 aliphatic heterocycles. The Morgan fingerprint density at radius 2 is 1.91 bits per heavy atom. The van der Waals surface area contributed by atoms with Crippen LogP contribution in [0.4, 0.5) is 0 Å². The number of thiazole rings is 1. The highest BCUT2D eigenvalue weighted by molar-refractivity contribution is 7.09. The molecule has 1 amide bonds. The van der Waals surface area contributed by atoms with Gasteiger partial charge in [-0.15, -0.1) is 11.3 Å². The van der Waals surface area contributed by atoms with Gasteiger partial charge in [0.25, 0.3) is 5.56 Å². The lowest BCUT2D eigenvalue weighted by Gasteiger charge is -2.21. The van der Waals surface area contributed by atoms with Crippen molar-refractivity contribution in [2.75, 3.05) is 20.3 Å². The van der Waals surface area contributed by atoms with E-state index < -0.39 is 0 Å². The van der Waals surface area contributed by atoms with E-state index in [-0.39, 0.29) is 24.4 Å². The number of benzene rings is 2. The number of amides is 1. The van der Waals surface area contributed by atoms with Crippen LogP contribution in [0.15, 0.2) is 58.7 Å². The first-order chi connectivity index (χ1) is 16.5. The van der Waals surface area contributed by atoms with Gasteiger partial charge in [0, 0.05) is 19.0 Å². The first kappa shape index (κ1) is 23.6. The number of ether oxygens (including phenoxy) is 2. The normalized spacial score (nSPS) is 11.0. The number of aromatic nitrogens is 3. The van der Waals surface area contributed by atoms with Crippen molar-refractivity contribution in [2.45, 2.75) is 26.5 Å². The van der Waals surface area contributed by atoms with Gasteiger partial charge in [-0.3, -0.25) is 9.59 Å². The van der Waals surface area contributed by atoms with E-state index in [2.05, 4.69) is 15.0 Å². The summed E-state index contributed by atoms with van der Waals surface area (Å²) in [5, 5.41) is 3.19. The molecule has 0 aliphatic rings. The predicted molar refractivity (Wildman–Crippen MR) is 131 cm³/mol. The van der Waals surface area contributed by atoms with Crippen molar-refractivity contribution in [2.24, 2.45) is 0 Å². The van der Waals surface area contributed by atoms with Gasteiger partial charge in [-0.1, -0.05) is 29.8 Å². The summed E-state index contributed by atoms with van der Waals surface area (Å²) in [4.78, 5) is 38.9. The average molecular weight is 479 g/mol. The number of carbonyl (C=O) groups excluding carboxylic acids is 1. The maximum Gasteiger partial charge on any atom is 0.258 e. The quantitative estimate of drug-likeness (QED) is 0.375. The van der Waals surface area contributed by atoms with Crippen molar-refractivity contribution in [3.63, 3.8) is 0 Å². The molecular weight excluding hydrogens is 452 g/mol. The van der Waals surface area contributed by atoms with E-state index in [1.165, 1.54) is 16.9 Å². The maximum atomic E-state index is 13.1. The van der Waals surface area contributed by atoms with Crippen molar-refractivity contribution < 1.29 is 14.3 Å². The van der Waals surface area contributed by atoms with Crippen LogP contribution in [0.25, 0.3) is 10.9 Å². The summed E-state index contributed by atoms with van der Waals surface area (Å²) in [6.45, 7) is 3.29. The molecule has 0 saturated heterocycles. The maximum absolute atomic E-state index is 13.1. The summed E-state index contributed by atoms with van der Waals surface area (Å²) in [7, 11) is 1.58. The van der Waals surface area contributed by atoms with Crippen LogP contribution in [0.1, 0.15) is 22.1 Å². The van der Waals surface area contributed by atoms with Crippen LogP contribution < -0.4 is 10.3 Å². The van der Waals surface area contributed by atoms with Gasteiger partial charge in [0.1, 0.15) is 23.2 Å². The third-order valence-corrected chi connectivity index (χ3v) is 6.11. The van der Waals surface area contributed by atoms with Gasteiger partial charge in [-0.05, 0) is 31.2 Å². The van der Waals surface area contributed by atoms with E-state index >= 15 is 0 Å². The number of carbonyl (C=O) groups is 1. The van der Waals surface area contributed by atoms with E-state index in [0.29, 0.717) is 42.2 Å². The van der Waals surface area contributed by atoms with Crippen molar-refractivity contribution in [3.05, 3.63) is 86.4 Å². The van der Waals surface area contributed by atoms with Crippen molar-refractivity contribution in [1.82, 2.24) is 19.9 Å². The second-order valence-corrected chi connectivity index (χ2v) is 8.79. The van der Waals surface area contributed by atoms with Crippen LogP contribution in [0, 0.1) is 6.92 Å². The Balaban J connectivity index is 1.41. The number of nitrogens with one attached hydrogen (secondary N) is 1. The molecule has 2 aromatic heterocycles. The first-order valence-corrected chi connectivity index (χ1v) is 11.8. The highest BCUT2D eigenvalue weighted by atomic mass is 32.1. The molecule has 0 aliphatic carbocycles. The molecule has 0 spiro atoms. The van der Waals surface area contributed by atoms with Gasteiger partial charge < -0.3 is 19.4 Å². The van der Waals surface area contributed by atoms with Gasteiger partial charge in [-0.2, -0.15) is 0 Å². The topological polar surface area (TPSA) is 97.4 Å². The number of nitrogens with zero attached hydrogens (tertiary/aromatic N) is 3. The summed E-state index contributed by atoms with van der Waals surface area (Å²) in [6.07, 6.45) is 0.141. The smallest absolute Gasteiger partial charge is 0.258 e. The molecule has 0 saturated carbocycles. The largest absolute Gasteiger partial charge is 0.486 e. The van der Waals surface area contributed by atoms with Crippen LogP contribution in [-0.2, 0) is 29.1 Å². The molecule has 176 valence electrons. The molecule has 2 heterocycles. The van der Waals surface area contributed by atoms with E-state index in [9.17, 15) is 9.59 Å². The number of para-hydroxylation sites is 1. The molecule has 0 atom stereocenters. The van der Waals surface area contributed by atoms with E-state index in [0.717, 1.165) is 10.8 Å². The van der Waals surface area contributed by atoms with Gasteiger partial charge in [0.2, 0.25) is 5.91 Å². The standard InChI is InChI=1S/C25H26N4O4S/c1-17-7-9-19(10-8-17)33-15-23-26-18(16-34-23)13-24(30)29(11-12-32-2)14-22-27-21-6-4-3-5-20(21)25(31)28-22/h3-10,16H,11-15H2,1-2H3,(H,27,28,31). The average Bonchev–Trinajstić information content (AvgIpc) is 3.28. The van der Waals surface area contributed by atoms with E-state index in [1.807, 2.05) is 42.6 Å². The van der Waals surface area contributed by atoms with Crippen LogP contribution in [0.3, 0.4) is 0 Å². The summed E-state index contributed by atoms with van der Waals surface area (Å²) in [5.41, 5.74) is 2.22. The molecule has 8 nitrogen and oxygen atoms in total. The number of hydrogen-bond acceptors (Lipinski definition) is 7. The monoisotopic (exact) mass is 478 g/mol. The molecule has 34 heavy (non-hydrogen) atoms. The molecule has 4 rings (SSSR count). The molecule has 0 fully saturated rings. The highest BCUT2D eigenvalue weighted by Crippen LogP contribution is 2.17. The predicted octanol–water partition coefficient (Wildman–Crippen LogP) is 3.48. The third-order valence-electron chi connectivity index (χ3n) is 5.24. The lowest BCUT2D eigenvalue weighted by Crippen LogP contribution is -2.35. The van der Waals surface area contributed by atoms with Crippen molar-refractivity contribution in [1.29, 1.82) is 0 Å². The molecule has 0 unspecified atom stereocenters. The number of methoxy groups -OCH3 is 1. The van der Waals surface area contributed by atoms with Crippen LogP contribution in [0.5, 0.6) is 5.75 Å². The van der Waals surface area contributed by atoms with Gasteiger partial charge in [0.05, 0.1) is 36.2 Å². The minimum absolute atomic E-state index is 0.121. The van der Waals surface area contributed by atoms with E-state index in [1.54, 1.807) is 30.2 Å². The lowest BCUT2D eigenvalue weighted by molar-refractivity contribution is -0.131. The molecule has 0 radical (unpaired) electrons. The Labute approximate surface area is 201 Å². The second kappa shape index (κ2) is 11.0. The zero-order valence-corrected chi connectivity index (χ0v) is 19.9. The molecule has 4 aromatic rings. The Hall–Kier alpha value is -3.56. The summed E-state index contributed by atoms with van der Waals surface area (Å²) in [6, 6.07) is 15.0. The Morgan fingerprint density at radius 1 is 1.12 bits per heavy atom. The number of H-pyrrole nitrogens is 1. The zero-order valence-electron chi connectivity index (χ0n) is 19.1. The Morgan fingerprint density at radius 3 is 2.71 bits per heavy atom. The second-order valence-electron chi connectivity index (χ2n) is 7.85. The SMILES string of the molecule is COCCN(Cc1nc2ccccc2c(=O)[nH]1)C(=O)Cc1csc(COc2ccc(C)cc2)n1. The van der Waals surface area contributed by atoms with E-state index in [4.69, 9.17) is 9.47 Å². The number of fused-ring (bicyclic) bond motifs is 1.